The van der Waals surface area contributed by atoms with Gasteiger partial charge in [0.2, 0.25) is 0 Å². The number of benzene rings is 4. The van der Waals surface area contributed by atoms with Crippen molar-refractivity contribution in [3.8, 4) is 0 Å². The Labute approximate surface area is 230 Å². The van der Waals surface area contributed by atoms with Crippen LogP contribution in [0.25, 0.3) is 0 Å². The fraction of sp³-hybridized carbons (Fsp3) is 0.273. The summed E-state index contributed by atoms with van der Waals surface area (Å²) in [5.41, 5.74) is 3.70. The van der Waals surface area contributed by atoms with Crippen molar-refractivity contribution in [2.24, 2.45) is 0 Å². The molecule has 0 bridgehead atoms. The van der Waals surface area contributed by atoms with Gasteiger partial charge in [-0.3, -0.25) is 0 Å². The third-order valence-corrected chi connectivity index (χ3v) is 7.14. The Bertz CT molecular complexity index is 1210. The predicted octanol–water partition coefficient (Wildman–Crippen LogP) is 7.12. The maximum absolute atomic E-state index is 6.89. The monoisotopic (exact) mass is 528 g/mol. The lowest BCUT2D eigenvalue weighted by Gasteiger charge is -2.45. The number of rotatable bonds is 11. The molecule has 0 aliphatic carbocycles. The minimum atomic E-state index is -0.690. The molecule has 0 aromatic heterocycles. The Balaban J connectivity index is 1.39. The molecule has 1 aliphatic rings. The lowest BCUT2D eigenvalue weighted by Crippen LogP contribution is -2.54. The van der Waals surface area contributed by atoms with Crippen LogP contribution in [0.15, 0.2) is 121 Å². The maximum atomic E-state index is 6.89. The molecule has 38 heavy (non-hydrogen) atoms. The van der Waals surface area contributed by atoms with Crippen molar-refractivity contribution in [1.82, 2.24) is 0 Å². The Morgan fingerprint density at radius 2 is 1.00 bits per heavy atom. The van der Waals surface area contributed by atoms with Gasteiger partial charge in [-0.05, 0) is 22.3 Å². The first-order valence-corrected chi connectivity index (χ1v) is 13.5. The molecular weight excluding hydrogens is 496 g/mol. The van der Waals surface area contributed by atoms with Gasteiger partial charge in [-0.1, -0.05) is 133 Å². The third-order valence-electron chi connectivity index (χ3n) is 6.79. The standard InChI is InChI=1S/C33H33ClO4/c34-33-32(37-23-27-17-9-3-10-18-27)31(36-22-26-15-7-2-8-16-26)30(28-19-11-4-12-20-28)29(38-33)24-35-21-25-13-5-1-6-14-25/h1-20,29-33H,21-24H2/t29-,30-,31+,32-,33?/m1/s1. The fourth-order valence-electron chi connectivity index (χ4n) is 4.89. The first-order valence-electron chi connectivity index (χ1n) is 13.0. The van der Waals surface area contributed by atoms with Crippen molar-refractivity contribution in [3.05, 3.63) is 144 Å². The molecule has 1 aliphatic heterocycles. The topological polar surface area (TPSA) is 36.9 Å². The van der Waals surface area contributed by atoms with Gasteiger partial charge >= 0.3 is 0 Å². The van der Waals surface area contributed by atoms with Crippen LogP contribution in [-0.2, 0) is 38.8 Å². The zero-order valence-electron chi connectivity index (χ0n) is 21.3. The molecule has 4 aromatic carbocycles. The van der Waals surface area contributed by atoms with Crippen LogP contribution in [-0.4, -0.2) is 30.5 Å². The van der Waals surface area contributed by atoms with Gasteiger partial charge in [0.25, 0.3) is 0 Å². The van der Waals surface area contributed by atoms with Gasteiger partial charge in [0, 0.05) is 5.92 Å². The van der Waals surface area contributed by atoms with E-state index in [1.807, 2.05) is 84.9 Å². The molecule has 196 valence electrons. The largest absolute Gasteiger partial charge is 0.374 e. The average Bonchev–Trinajstić information content (AvgIpc) is 2.97. The highest BCUT2D eigenvalue weighted by Crippen LogP contribution is 2.39. The van der Waals surface area contributed by atoms with E-state index in [1.165, 1.54) is 0 Å². The Morgan fingerprint density at radius 1 is 0.553 bits per heavy atom. The lowest BCUT2D eigenvalue weighted by molar-refractivity contribution is -0.206. The molecule has 1 heterocycles. The fourth-order valence-corrected chi connectivity index (χ4v) is 5.23. The smallest absolute Gasteiger partial charge is 0.160 e. The van der Waals surface area contributed by atoms with Gasteiger partial charge in [0.15, 0.2) is 5.56 Å². The molecular formula is C33H33ClO4. The normalized spacial score (nSPS) is 23.2. The molecule has 1 fully saturated rings. The van der Waals surface area contributed by atoms with Crippen molar-refractivity contribution < 1.29 is 18.9 Å². The Morgan fingerprint density at radius 3 is 1.53 bits per heavy atom. The summed E-state index contributed by atoms with van der Waals surface area (Å²) in [6.45, 7) is 1.74. The molecule has 0 N–H and O–H groups in total. The summed E-state index contributed by atoms with van der Waals surface area (Å²) in [6, 6.07) is 40.7. The van der Waals surface area contributed by atoms with Gasteiger partial charge < -0.3 is 18.9 Å². The number of halogens is 1. The van der Waals surface area contributed by atoms with Crippen LogP contribution in [0.5, 0.6) is 0 Å². The van der Waals surface area contributed by atoms with Crippen LogP contribution >= 0.6 is 11.6 Å². The van der Waals surface area contributed by atoms with Crippen molar-refractivity contribution >= 4 is 11.6 Å². The van der Waals surface area contributed by atoms with Crippen LogP contribution in [0.1, 0.15) is 28.2 Å². The second kappa shape index (κ2) is 13.7. The molecule has 0 radical (unpaired) electrons. The van der Waals surface area contributed by atoms with Crippen LogP contribution < -0.4 is 0 Å². The average molecular weight is 529 g/mol. The number of alkyl halides is 1. The number of hydrogen-bond donors (Lipinski definition) is 0. The molecule has 0 saturated carbocycles. The van der Waals surface area contributed by atoms with E-state index in [9.17, 15) is 0 Å². The van der Waals surface area contributed by atoms with Gasteiger partial charge in [-0.25, -0.2) is 0 Å². The summed E-state index contributed by atoms with van der Waals surface area (Å²) in [5, 5.41) is 0. The minimum absolute atomic E-state index is 0.133. The van der Waals surface area contributed by atoms with Crippen LogP contribution in [0.4, 0.5) is 0 Å². The highest BCUT2D eigenvalue weighted by Gasteiger charge is 2.47. The molecule has 1 unspecified atom stereocenters. The zero-order chi connectivity index (χ0) is 26.0. The van der Waals surface area contributed by atoms with E-state index in [1.54, 1.807) is 0 Å². The van der Waals surface area contributed by atoms with Crippen molar-refractivity contribution in [2.75, 3.05) is 6.61 Å². The molecule has 0 spiro atoms. The molecule has 4 nitrogen and oxygen atoms in total. The summed E-state index contributed by atoms with van der Waals surface area (Å²) in [6.07, 6.45) is -1.12. The van der Waals surface area contributed by atoms with E-state index in [0.29, 0.717) is 26.4 Å². The lowest BCUT2D eigenvalue weighted by atomic mass is 9.83. The molecule has 1 saturated heterocycles. The number of hydrogen-bond acceptors (Lipinski definition) is 4. The highest BCUT2D eigenvalue weighted by atomic mass is 35.5. The van der Waals surface area contributed by atoms with Crippen molar-refractivity contribution in [2.45, 2.75) is 49.6 Å². The molecule has 5 atom stereocenters. The summed E-state index contributed by atoms with van der Waals surface area (Å²) in [4.78, 5) is 0. The second-order valence-electron chi connectivity index (χ2n) is 9.49. The Kier molecular flexibility index (Phi) is 9.59. The van der Waals surface area contributed by atoms with E-state index in [-0.39, 0.29) is 18.1 Å². The van der Waals surface area contributed by atoms with Gasteiger partial charge in [0.05, 0.1) is 38.6 Å². The van der Waals surface area contributed by atoms with Crippen molar-refractivity contribution in [1.29, 1.82) is 0 Å². The first-order chi connectivity index (χ1) is 18.8. The van der Waals surface area contributed by atoms with Gasteiger partial charge in [-0.15, -0.1) is 0 Å². The second-order valence-corrected chi connectivity index (χ2v) is 9.92. The van der Waals surface area contributed by atoms with Crippen LogP contribution in [0, 0.1) is 0 Å². The predicted molar refractivity (Wildman–Crippen MR) is 150 cm³/mol. The summed E-state index contributed by atoms with van der Waals surface area (Å²) in [7, 11) is 0. The van der Waals surface area contributed by atoms with Gasteiger partial charge in [-0.2, -0.15) is 0 Å². The quantitative estimate of drug-likeness (QED) is 0.194. The molecule has 5 rings (SSSR count). The van der Waals surface area contributed by atoms with E-state index < -0.39 is 11.7 Å². The van der Waals surface area contributed by atoms with Crippen LogP contribution in [0.2, 0.25) is 0 Å². The summed E-state index contributed by atoms with van der Waals surface area (Å²) >= 11 is 6.89. The third kappa shape index (κ3) is 7.10. The van der Waals surface area contributed by atoms with E-state index >= 15 is 0 Å². The van der Waals surface area contributed by atoms with E-state index in [0.717, 1.165) is 22.3 Å². The van der Waals surface area contributed by atoms with E-state index in [2.05, 4.69) is 36.4 Å². The summed E-state index contributed by atoms with van der Waals surface area (Å²) < 4.78 is 25.7. The SMILES string of the molecule is ClC1O[C@H](COCc2ccccc2)[C@@H](c2ccccc2)[C@H](OCc2ccccc2)[C@H]1OCc1ccccc1. The molecule has 0 amide bonds. The molecule has 4 aromatic rings. The Hall–Kier alpha value is -2.99. The maximum Gasteiger partial charge on any atom is 0.160 e. The molecule has 5 heteroatoms. The minimum Gasteiger partial charge on any atom is -0.374 e. The number of ether oxygens (including phenoxy) is 4. The highest BCUT2D eigenvalue weighted by molar-refractivity contribution is 6.20. The van der Waals surface area contributed by atoms with Crippen LogP contribution in [0.3, 0.4) is 0 Å². The van der Waals surface area contributed by atoms with Gasteiger partial charge in [0.1, 0.15) is 6.10 Å². The van der Waals surface area contributed by atoms with Crippen molar-refractivity contribution in [3.63, 3.8) is 0 Å². The first kappa shape index (κ1) is 26.6. The van der Waals surface area contributed by atoms with E-state index in [4.69, 9.17) is 30.5 Å². The summed E-state index contributed by atoms with van der Waals surface area (Å²) in [5.74, 6) is -0.133. The zero-order valence-corrected chi connectivity index (χ0v) is 22.0.